The maximum atomic E-state index is 13.7. The van der Waals surface area contributed by atoms with Gasteiger partial charge in [0.15, 0.2) is 0 Å². The lowest BCUT2D eigenvalue weighted by atomic mass is 9.80. The number of carbonyl (C=O) groups excluding carboxylic acids is 2. The van der Waals surface area contributed by atoms with Gasteiger partial charge in [0.25, 0.3) is 5.91 Å². The van der Waals surface area contributed by atoms with Gasteiger partial charge >= 0.3 is 18.2 Å². The predicted molar refractivity (Wildman–Crippen MR) is 155 cm³/mol. The van der Waals surface area contributed by atoms with Gasteiger partial charge < -0.3 is 25.2 Å². The predicted octanol–water partition coefficient (Wildman–Crippen LogP) is 4.35. The first-order chi connectivity index (χ1) is 20.7. The fourth-order valence-corrected chi connectivity index (χ4v) is 4.98. The molecule has 1 aromatic carbocycles. The number of alkyl halides is 3. The minimum absolute atomic E-state index is 0.0186. The van der Waals surface area contributed by atoms with Crippen molar-refractivity contribution in [2.45, 2.75) is 84.7 Å². The molecule has 2 unspecified atom stereocenters. The van der Waals surface area contributed by atoms with Crippen molar-refractivity contribution in [3.8, 4) is 5.75 Å². The SMILES string of the molecule is Cc1cc(COc2ccc(C3(C)CCN(C(C[C@@H](NC(=O)O)C(C)(C)C)C(=O)NO)C3=O)cc2)cc(C)n1.O=C(O)C(F)(F)F. The van der Waals surface area contributed by atoms with Crippen LogP contribution in [-0.2, 0) is 26.4 Å². The summed E-state index contributed by atoms with van der Waals surface area (Å²) in [6.45, 7) is 11.9. The summed E-state index contributed by atoms with van der Waals surface area (Å²) in [7, 11) is 0. The average Bonchev–Trinajstić information content (AvgIpc) is 3.22. The van der Waals surface area contributed by atoms with Crippen LogP contribution in [-0.4, -0.2) is 74.0 Å². The van der Waals surface area contributed by atoms with Crippen molar-refractivity contribution in [3.63, 3.8) is 0 Å². The normalized spacial score (nSPS) is 17.9. The minimum atomic E-state index is -5.08. The highest BCUT2D eigenvalue weighted by molar-refractivity contribution is 5.94. The zero-order valence-corrected chi connectivity index (χ0v) is 25.9. The molecule has 5 N–H and O–H groups in total. The van der Waals surface area contributed by atoms with Gasteiger partial charge in [0.05, 0.1) is 5.41 Å². The van der Waals surface area contributed by atoms with Gasteiger partial charge in [-0.25, -0.2) is 15.1 Å². The Hall–Kier alpha value is -4.40. The van der Waals surface area contributed by atoms with Crippen LogP contribution in [0.5, 0.6) is 5.75 Å². The summed E-state index contributed by atoms with van der Waals surface area (Å²) >= 11 is 0. The molecule has 248 valence electrons. The summed E-state index contributed by atoms with van der Waals surface area (Å²) in [5.41, 5.74) is 3.90. The van der Waals surface area contributed by atoms with Crippen LogP contribution in [0.1, 0.15) is 63.1 Å². The van der Waals surface area contributed by atoms with E-state index < -0.39 is 47.1 Å². The number of ether oxygens (including phenoxy) is 1. The van der Waals surface area contributed by atoms with Crippen LogP contribution in [0.3, 0.4) is 0 Å². The van der Waals surface area contributed by atoms with Gasteiger partial charge in [0.2, 0.25) is 5.91 Å². The zero-order valence-electron chi connectivity index (χ0n) is 25.9. The van der Waals surface area contributed by atoms with Crippen LogP contribution in [0.15, 0.2) is 36.4 Å². The Bertz CT molecular complexity index is 1360. The van der Waals surface area contributed by atoms with Crippen molar-refractivity contribution in [3.05, 3.63) is 58.9 Å². The third-order valence-corrected chi connectivity index (χ3v) is 7.46. The number of likely N-dealkylation sites (tertiary alicyclic amines) is 1. The smallest absolute Gasteiger partial charge is 0.489 e. The molecule has 2 heterocycles. The molecule has 3 amide bonds. The summed E-state index contributed by atoms with van der Waals surface area (Å²) < 4.78 is 37.7. The molecule has 1 aromatic heterocycles. The van der Waals surface area contributed by atoms with E-state index in [4.69, 9.17) is 14.6 Å². The van der Waals surface area contributed by atoms with E-state index >= 15 is 0 Å². The second-order valence-corrected chi connectivity index (χ2v) is 12.1. The number of aromatic nitrogens is 1. The van der Waals surface area contributed by atoms with Gasteiger partial charge in [-0.3, -0.25) is 19.8 Å². The number of carboxylic acid groups (broad SMARTS) is 2. The highest BCUT2D eigenvalue weighted by atomic mass is 19.4. The summed E-state index contributed by atoms with van der Waals surface area (Å²) in [6.07, 6.45) is -5.82. The molecule has 12 nitrogen and oxygen atoms in total. The van der Waals surface area contributed by atoms with E-state index in [0.717, 1.165) is 22.5 Å². The van der Waals surface area contributed by atoms with Gasteiger partial charge in [-0.2, -0.15) is 13.2 Å². The number of aliphatic carboxylic acids is 1. The summed E-state index contributed by atoms with van der Waals surface area (Å²) in [4.78, 5) is 52.4. The third-order valence-electron chi connectivity index (χ3n) is 7.46. The molecule has 1 aliphatic heterocycles. The molecule has 1 aliphatic rings. The molecule has 0 radical (unpaired) electrons. The summed E-state index contributed by atoms with van der Waals surface area (Å²) in [5.74, 6) is -3.11. The van der Waals surface area contributed by atoms with E-state index in [2.05, 4.69) is 10.3 Å². The van der Waals surface area contributed by atoms with E-state index in [1.807, 2.05) is 77.9 Å². The monoisotopic (exact) mass is 640 g/mol. The Morgan fingerprint density at radius 1 is 1.07 bits per heavy atom. The quantitative estimate of drug-likeness (QED) is 0.197. The number of hydrogen-bond donors (Lipinski definition) is 5. The van der Waals surface area contributed by atoms with Gasteiger partial charge in [-0.1, -0.05) is 32.9 Å². The minimum Gasteiger partial charge on any atom is -0.489 e. The van der Waals surface area contributed by atoms with Gasteiger partial charge in [0, 0.05) is 24.0 Å². The molecule has 3 rings (SSSR count). The second-order valence-electron chi connectivity index (χ2n) is 12.1. The fourth-order valence-electron chi connectivity index (χ4n) is 4.98. The maximum absolute atomic E-state index is 13.7. The first kappa shape index (κ1) is 36.8. The second kappa shape index (κ2) is 14.6. The Morgan fingerprint density at radius 3 is 2.04 bits per heavy atom. The first-order valence-electron chi connectivity index (χ1n) is 13.9. The number of pyridine rings is 1. The number of hydroxylamine groups is 1. The van der Waals surface area contributed by atoms with Gasteiger partial charge in [0.1, 0.15) is 18.4 Å². The van der Waals surface area contributed by atoms with Gasteiger partial charge in [-0.05, 0) is 74.4 Å². The number of halogens is 3. The first-order valence-corrected chi connectivity index (χ1v) is 13.9. The lowest BCUT2D eigenvalue weighted by Gasteiger charge is -2.36. The maximum Gasteiger partial charge on any atom is 0.490 e. The molecular formula is C30H39F3N4O8. The van der Waals surface area contributed by atoms with E-state index in [-0.39, 0.29) is 18.9 Å². The molecule has 2 aromatic rings. The number of carboxylic acids is 1. The number of benzene rings is 1. The Kier molecular flexibility index (Phi) is 11.9. The largest absolute Gasteiger partial charge is 0.490 e. The van der Waals surface area contributed by atoms with E-state index in [1.54, 1.807) is 5.48 Å². The van der Waals surface area contributed by atoms with Crippen molar-refractivity contribution >= 4 is 23.9 Å². The van der Waals surface area contributed by atoms with Crippen LogP contribution < -0.4 is 15.5 Å². The van der Waals surface area contributed by atoms with Crippen molar-refractivity contribution < 1.29 is 52.5 Å². The number of amides is 3. The lowest BCUT2D eigenvalue weighted by molar-refractivity contribution is -0.192. The van der Waals surface area contributed by atoms with Crippen LogP contribution in [0, 0.1) is 19.3 Å². The number of nitrogens with zero attached hydrogens (tertiary/aromatic N) is 2. The lowest BCUT2D eigenvalue weighted by Crippen LogP contribution is -2.54. The summed E-state index contributed by atoms with van der Waals surface area (Å²) in [5, 5.41) is 28.3. The van der Waals surface area contributed by atoms with Crippen molar-refractivity contribution in [2.75, 3.05) is 6.54 Å². The van der Waals surface area contributed by atoms with E-state index in [9.17, 15) is 37.9 Å². The van der Waals surface area contributed by atoms with Crippen molar-refractivity contribution in [1.29, 1.82) is 0 Å². The molecule has 1 saturated heterocycles. The molecule has 15 heteroatoms. The molecule has 3 atom stereocenters. The van der Waals surface area contributed by atoms with E-state index in [0.29, 0.717) is 18.8 Å². The van der Waals surface area contributed by atoms with Crippen LogP contribution in [0.25, 0.3) is 0 Å². The fraction of sp³-hybridized carbons (Fsp3) is 0.500. The standard InChI is InChI=1S/C28H38N4O6.C2HF3O2/c1-17-13-19(14-18(2)29-17)16-38-21-9-7-20(8-10-21)28(6)11-12-32(25(28)34)22(24(33)31-37)15-23(27(3,4)5)30-26(35)36;3-2(4,5)1(6)7/h7-10,13-14,22-23,30,37H,11-12,15-16H2,1-6H3,(H,31,33)(H,35,36);(H,6,7)/t22?,23-,28?;/m1./s1. The highest BCUT2D eigenvalue weighted by Crippen LogP contribution is 2.38. The number of nitrogens with one attached hydrogen (secondary N) is 2. The van der Waals surface area contributed by atoms with Crippen molar-refractivity contribution in [1.82, 2.24) is 20.7 Å². The van der Waals surface area contributed by atoms with E-state index in [1.165, 1.54) is 4.90 Å². The Morgan fingerprint density at radius 2 is 1.60 bits per heavy atom. The third kappa shape index (κ3) is 10.1. The number of hydrogen-bond acceptors (Lipinski definition) is 7. The molecular weight excluding hydrogens is 601 g/mol. The molecule has 0 saturated carbocycles. The number of carbonyl (C=O) groups is 4. The molecule has 0 aliphatic carbocycles. The number of aryl methyl sites for hydroxylation is 2. The number of rotatable bonds is 9. The average molecular weight is 641 g/mol. The Balaban J connectivity index is 0.000000900. The highest BCUT2D eigenvalue weighted by Gasteiger charge is 2.48. The summed E-state index contributed by atoms with van der Waals surface area (Å²) in [6, 6.07) is 9.62. The molecule has 1 fully saturated rings. The molecule has 0 spiro atoms. The molecule has 0 bridgehead atoms. The van der Waals surface area contributed by atoms with Crippen molar-refractivity contribution in [2.24, 2.45) is 5.41 Å². The molecule has 45 heavy (non-hydrogen) atoms. The van der Waals surface area contributed by atoms with Crippen LogP contribution in [0.2, 0.25) is 0 Å². The topological polar surface area (TPSA) is 178 Å². The van der Waals surface area contributed by atoms with Crippen LogP contribution in [0.4, 0.5) is 18.0 Å². The Labute approximate surface area is 258 Å². The van der Waals surface area contributed by atoms with Crippen LogP contribution >= 0.6 is 0 Å². The zero-order chi connectivity index (χ0) is 34.3. The van der Waals surface area contributed by atoms with Gasteiger partial charge in [-0.15, -0.1) is 0 Å².